The van der Waals surface area contributed by atoms with Gasteiger partial charge < -0.3 is 27.4 Å². The van der Waals surface area contributed by atoms with Gasteiger partial charge in [0, 0.05) is 115 Å². The molecule has 0 saturated heterocycles. The molecule has 12 bridgehead atoms. The molecule has 0 amide bonds. The molecule has 446 valence electrons. The van der Waals surface area contributed by atoms with Crippen LogP contribution in [0.2, 0.25) is 0 Å². The third kappa shape index (κ3) is 4.85. The van der Waals surface area contributed by atoms with Crippen LogP contribution in [-0.4, -0.2) is 34.0 Å². The molecular weight excluding hydrogens is 1120 g/mol. The van der Waals surface area contributed by atoms with E-state index in [0.717, 1.165) is 63.8 Å². The first kappa shape index (κ1) is 60.5. The first-order valence-corrected chi connectivity index (χ1v) is 41.4. The van der Waals surface area contributed by atoms with E-state index < -0.39 is 42.9 Å². The number of hydrogen-bond donors (Lipinski definition) is 0. The molecule has 0 spiro atoms. The standard InChI is InChI=1S/3C23H32O2P2.CH4/c3*1-11-13(3)26(24)15(5)22(11,9)19-17(26)18-20(21(19,7)8)23(10)12(2)14(4)27(18,25)16(23)6;/h3*15-16H,1-10H3;1H4/t15?,16?,22-,23+,26-,27+;2*15?,16?,22-,23-,26-,27-;/m.10./s1. The van der Waals surface area contributed by atoms with Crippen LogP contribution in [0.1, 0.15) is 215 Å². The summed E-state index contributed by atoms with van der Waals surface area (Å²) in [6.45, 7) is 66.4. The molecule has 0 aromatic heterocycles. The van der Waals surface area contributed by atoms with E-state index in [4.69, 9.17) is 0 Å². The van der Waals surface area contributed by atoms with Crippen LogP contribution in [0.15, 0.2) is 131 Å². The highest BCUT2D eigenvalue weighted by molar-refractivity contribution is 7.81. The van der Waals surface area contributed by atoms with Gasteiger partial charge in [0.1, 0.15) is 42.9 Å². The highest BCUT2D eigenvalue weighted by atomic mass is 31.2. The van der Waals surface area contributed by atoms with Gasteiger partial charge in [0.2, 0.25) is 0 Å². The molecule has 6 nitrogen and oxygen atoms in total. The Labute approximate surface area is 495 Å². The third-order valence-corrected chi connectivity index (χ3v) is 55.0. The molecule has 0 N–H and O–H groups in total. The van der Waals surface area contributed by atoms with Crippen LogP contribution in [0.5, 0.6) is 0 Å². The Morgan fingerprint density at radius 1 is 0.232 bits per heavy atom. The van der Waals surface area contributed by atoms with Crippen LogP contribution in [0.4, 0.5) is 0 Å². The first-order chi connectivity index (χ1) is 36.5. The monoisotopic (exact) mass is 1220 g/mol. The number of hydrogen-bond acceptors (Lipinski definition) is 6. The molecule has 82 heavy (non-hydrogen) atoms. The molecule has 15 rings (SSSR count). The Kier molecular flexibility index (Phi) is 11.3. The third-order valence-electron chi connectivity index (χ3n) is 30.2. The summed E-state index contributed by atoms with van der Waals surface area (Å²) < 4.78 is 88.1. The summed E-state index contributed by atoms with van der Waals surface area (Å²) >= 11 is 0. The largest absolute Gasteiger partial charge is 0.314 e. The van der Waals surface area contributed by atoms with E-state index in [1.165, 1.54) is 66.9 Å². The van der Waals surface area contributed by atoms with Crippen molar-refractivity contribution in [2.75, 3.05) is 0 Å². The Bertz CT molecular complexity index is 3490. The number of rotatable bonds is 0. The van der Waals surface area contributed by atoms with E-state index in [0.29, 0.717) is 0 Å². The number of fused-ring (bicyclic) bond motifs is 27. The van der Waals surface area contributed by atoms with Gasteiger partial charge in [-0.25, -0.2) is 0 Å². The lowest BCUT2D eigenvalue weighted by molar-refractivity contribution is 0.327. The molecule has 0 aromatic carbocycles. The van der Waals surface area contributed by atoms with E-state index >= 15 is 0 Å². The molecule has 0 saturated carbocycles. The van der Waals surface area contributed by atoms with Crippen molar-refractivity contribution in [3.05, 3.63) is 131 Å². The predicted molar refractivity (Wildman–Crippen MR) is 352 cm³/mol. The normalized spacial score (nSPS) is 51.3. The fraction of sp³-hybridized carbons (Fsp3) is 0.657. The summed E-state index contributed by atoms with van der Waals surface area (Å²) in [5.74, 6) is 0. The maximum absolute atomic E-state index is 14.7. The molecule has 18 atom stereocenters. The lowest BCUT2D eigenvalue weighted by Gasteiger charge is -2.44. The molecule has 12 heterocycles. The van der Waals surface area contributed by atoms with E-state index in [2.05, 4.69) is 208 Å². The highest BCUT2D eigenvalue weighted by Crippen LogP contribution is 3.00. The Balaban J connectivity index is 0.000000121. The predicted octanol–water partition coefficient (Wildman–Crippen LogP) is 23.7. The van der Waals surface area contributed by atoms with Crippen LogP contribution >= 0.6 is 42.9 Å². The Morgan fingerprint density at radius 3 is 0.427 bits per heavy atom. The minimum absolute atomic E-state index is 0. The summed E-state index contributed by atoms with van der Waals surface area (Å²) in [7, 11) is -16.2. The van der Waals surface area contributed by atoms with E-state index in [9.17, 15) is 27.4 Å². The SMILES string of the molecule is C.CC1=C(C)[P@@]2(=O)C3=C(C(C)(C)C4=C3[P@@]3(=O)C(C)=C(C)[C@]4(C)C3C)[C@]1(C)C2C.CC1=C(C)[P@@]2(=O)C3=C(C(C)(C)C4=C3[P@]3(=O)C(C)=C(C)[C@@]4(C)C3C)[C@]1(C)C2C.CC1=C(C)[P@]2(=O)C3=C(C(C)(C)C4=C3[P@@]3(=O)C(C)=C(C)[C@]4(C)C3C)[C@@]1(C)C2C. The van der Waals surface area contributed by atoms with Gasteiger partial charge >= 0.3 is 0 Å². The zero-order valence-corrected chi connectivity index (χ0v) is 60.5. The molecule has 12 heteroatoms. The molecule has 0 radical (unpaired) electrons. The van der Waals surface area contributed by atoms with Gasteiger partial charge in [0.15, 0.2) is 0 Å². The van der Waals surface area contributed by atoms with Crippen molar-refractivity contribution in [1.29, 1.82) is 0 Å². The molecule has 12 aliphatic heterocycles. The van der Waals surface area contributed by atoms with Crippen LogP contribution in [0.25, 0.3) is 0 Å². The van der Waals surface area contributed by atoms with Crippen molar-refractivity contribution in [2.45, 2.75) is 249 Å². The van der Waals surface area contributed by atoms with Crippen molar-refractivity contribution >= 4 is 42.9 Å². The summed E-state index contributed by atoms with van der Waals surface area (Å²) in [6, 6.07) is 0. The zero-order valence-electron chi connectivity index (χ0n) is 55.1. The molecule has 0 fully saturated rings. The smallest absolute Gasteiger partial charge is 0.143 e. The van der Waals surface area contributed by atoms with Gasteiger partial charge in [0.05, 0.1) is 0 Å². The van der Waals surface area contributed by atoms with Crippen LogP contribution in [0.3, 0.4) is 0 Å². The maximum atomic E-state index is 14.7. The van der Waals surface area contributed by atoms with Crippen molar-refractivity contribution in [3.63, 3.8) is 0 Å². The van der Waals surface area contributed by atoms with Gasteiger partial charge in [-0.2, -0.15) is 0 Å². The molecule has 15 aliphatic rings. The molecule has 0 aromatic rings. The van der Waals surface area contributed by atoms with E-state index in [1.54, 1.807) is 0 Å². The maximum Gasteiger partial charge on any atom is 0.143 e. The summed E-state index contributed by atoms with van der Waals surface area (Å²) in [6.07, 6.45) is 0. The summed E-state index contributed by atoms with van der Waals surface area (Å²) in [5.41, 5.74) is 15.0. The quantitative estimate of drug-likeness (QED) is 0.224. The second-order valence-electron chi connectivity index (χ2n) is 31.7. The first-order valence-electron chi connectivity index (χ1n) is 30.8. The average molecular weight is 1220 g/mol. The van der Waals surface area contributed by atoms with Gasteiger partial charge in [-0.15, -0.1) is 0 Å². The van der Waals surface area contributed by atoms with Crippen LogP contribution < -0.4 is 0 Å². The van der Waals surface area contributed by atoms with Crippen molar-refractivity contribution in [1.82, 2.24) is 0 Å². The number of allylic oxidation sites excluding steroid dienone is 24. The minimum atomic E-state index is -2.70. The highest BCUT2D eigenvalue weighted by Gasteiger charge is 2.80. The lowest BCUT2D eigenvalue weighted by Crippen LogP contribution is -2.38. The lowest BCUT2D eigenvalue weighted by atomic mass is 9.58. The molecule has 3 aliphatic carbocycles. The van der Waals surface area contributed by atoms with E-state index in [-0.39, 0.29) is 90.1 Å². The van der Waals surface area contributed by atoms with Crippen LogP contribution in [-0.2, 0) is 27.4 Å². The summed E-state index contributed by atoms with van der Waals surface area (Å²) in [5, 5.41) is 12.9. The fourth-order valence-electron chi connectivity index (χ4n) is 24.3. The average Bonchev–Trinajstić information content (AvgIpc) is 1.63. The Hall–Kier alpha value is -1.74. The van der Waals surface area contributed by atoms with E-state index in [1.807, 2.05) is 0 Å². The molecule has 6 unspecified atom stereocenters. The van der Waals surface area contributed by atoms with Gasteiger partial charge in [-0.1, -0.05) is 165 Å². The zero-order chi connectivity index (χ0) is 60.8. The Morgan fingerprint density at radius 2 is 0.329 bits per heavy atom. The van der Waals surface area contributed by atoms with Gasteiger partial charge in [-0.3, -0.25) is 0 Å². The van der Waals surface area contributed by atoms with Gasteiger partial charge in [0.25, 0.3) is 0 Å². The molecular formula is C70H100O6P6. The minimum Gasteiger partial charge on any atom is -0.314 e. The summed E-state index contributed by atoms with van der Waals surface area (Å²) in [4.78, 5) is 0. The van der Waals surface area contributed by atoms with Crippen LogP contribution in [0, 0.1) is 48.7 Å². The fourth-order valence-corrected chi connectivity index (χ4v) is 53.1. The van der Waals surface area contributed by atoms with Crippen molar-refractivity contribution < 1.29 is 27.4 Å². The van der Waals surface area contributed by atoms with Crippen molar-refractivity contribution in [3.8, 4) is 0 Å². The van der Waals surface area contributed by atoms with Crippen molar-refractivity contribution in [2.24, 2.45) is 48.7 Å². The second kappa shape index (κ2) is 15.3. The second-order valence-corrected chi connectivity index (χ2v) is 50.9. The van der Waals surface area contributed by atoms with Gasteiger partial charge in [-0.05, 0) is 148 Å². The topological polar surface area (TPSA) is 102 Å².